The number of halogens is 3. The van der Waals surface area contributed by atoms with E-state index in [0.29, 0.717) is 5.39 Å². The number of aromatic nitrogens is 1. The van der Waals surface area contributed by atoms with Crippen LogP contribution >= 0.6 is 0 Å². The van der Waals surface area contributed by atoms with Gasteiger partial charge in [0.15, 0.2) is 0 Å². The van der Waals surface area contributed by atoms with Crippen LogP contribution < -0.4 is 5.32 Å². The lowest BCUT2D eigenvalue weighted by molar-refractivity contribution is -0.141. The van der Waals surface area contributed by atoms with E-state index in [9.17, 15) is 18.0 Å². The van der Waals surface area contributed by atoms with E-state index in [2.05, 4.69) is 10.3 Å². The van der Waals surface area contributed by atoms with Gasteiger partial charge in [-0.05, 0) is 18.6 Å². The molecule has 1 amide bonds. The molecule has 1 aromatic carbocycles. The van der Waals surface area contributed by atoms with E-state index in [0.717, 1.165) is 6.07 Å². The first-order valence-electron chi connectivity index (χ1n) is 7.33. The van der Waals surface area contributed by atoms with Crippen LogP contribution in [0, 0.1) is 0 Å². The van der Waals surface area contributed by atoms with Crippen LogP contribution in [0.2, 0.25) is 0 Å². The third kappa shape index (κ3) is 3.07. The first-order valence-corrected chi connectivity index (χ1v) is 7.33. The van der Waals surface area contributed by atoms with Crippen LogP contribution in [0.1, 0.15) is 22.5 Å². The average Bonchev–Trinajstić information content (AvgIpc) is 2.50. The Hall–Kier alpha value is -2.19. The molecule has 2 N–H and O–H groups in total. The normalized spacial score (nSPS) is 16.7. The van der Waals surface area contributed by atoms with Gasteiger partial charge in [0.25, 0.3) is 5.91 Å². The molecule has 1 aliphatic rings. The summed E-state index contributed by atoms with van der Waals surface area (Å²) >= 11 is 0. The molecule has 1 aliphatic heterocycles. The molecule has 1 aromatic heterocycles. The maximum Gasteiger partial charge on any atom is 0.433 e. The van der Waals surface area contributed by atoms with E-state index in [-0.39, 0.29) is 37.3 Å². The number of pyridine rings is 1. The molecule has 0 aliphatic carbocycles. The van der Waals surface area contributed by atoms with Gasteiger partial charge in [0.05, 0.1) is 29.8 Å². The highest BCUT2D eigenvalue weighted by atomic mass is 19.4. The van der Waals surface area contributed by atoms with Crippen molar-refractivity contribution in [3.05, 3.63) is 41.6 Å². The molecule has 0 bridgehead atoms. The number of rotatable bonds is 4. The third-order valence-corrected chi connectivity index (χ3v) is 3.98. The van der Waals surface area contributed by atoms with Crippen molar-refractivity contribution >= 4 is 16.8 Å². The largest absolute Gasteiger partial charge is 0.433 e. The molecule has 5 nitrogen and oxygen atoms in total. The Kier molecular flexibility index (Phi) is 4.18. The fourth-order valence-corrected chi connectivity index (χ4v) is 2.66. The highest BCUT2D eigenvalue weighted by Crippen LogP contribution is 2.31. The van der Waals surface area contributed by atoms with Gasteiger partial charge in [-0.1, -0.05) is 18.2 Å². The topological polar surface area (TPSA) is 71.5 Å². The minimum absolute atomic E-state index is 0.0959. The van der Waals surface area contributed by atoms with Gasteiger partial charge in [0.1, 0.15) is 5.69 Å². The second kappa shape index (κ2) is 6.03. The van der Waals surface area contributed by atoms with Gasteiger partial charge < -0.3 is 15.2 Å². The number of ether oxygens (including phenoxy) is 1. The monoisotopic (exact) mass is 340 g/mol. The molecule has 0 unspecified atom stereocenters. The van der Waals surface area contributed by atoms with Crippen molar-refractivity contribution < 1.29 is 27.8 Å². The second-order valence-corrected chi connectivity index (χ2v) is 5.77. The van der Waals surface area contributed by atoms with Gasteiger partial charge >= 0.3 is 6.18 Å². The smallest absolute Gasteiger partial charge is 0.396 e. The minimum Gasteiger partial charge on any atom is -0.396 e. The number of alkyl halides is 3. The number of fused-ring (bicyclic) bond motifs is 1. The summed E-state index contributed by atoms with van der Waals surface area (Å²) in [5, 5.41) is 12.1. The summed E-state index contributed by atoms with van der Waals surface area (Å²) in [6.45, 7) is 0.275. The Morgan fingerprint density at radius 3 is 2.62 bits per heavy atom. The van der Waals surface area contributed by atoms with Crippen molar-refractivity contribution in [1.82, 2.24) is 10.3 Å². The summed E-state index contributed by atoms with van der Waals surface area (Å²) in [7, 11) is 0. The molecule has 3 rings (SSSR count). The zero-order chi connectivity index (χ0) is 17.4. The molecule has 1 saturated heterocycles. The fraction of sp³-hybridized carbons (Fsp3) is 0.375. The van der Waals surface area contributed by atoms with Gasteiger partial charge in [-0.2, -0.15) is 13.2 Å². The highest BCUT2D eigenvalue weighted by molar-refractivity contribution is 6.06. The number of amides is 1. The fourth-order valence-electron chi connectivity index (χ4n) is 2.66. The number of hydrogen-bond donors (Lipinski definition) is 2. The van der Waals surface area contributed by atoms with Crippen molar-refractivity contribution in [3.8, 4) is 0 Å². The number of benzene rings is 1. The number of nitrogens with zero attached hydrogens (tertiary/aromatic N) is 1. The Morgan fingerprint density at radius 2 is 2.04 bits per heavy atom. The van der Waals surface area contributed by atoms with Crippen molar-refractivity contribution in [2.45, 2.75) is 18.1 Å². The number of carbonyl (C=O) groups is 1. The molecule has 128 valence electrons. The summed E-state index contributed by atoms with van der Waals surface area (Å²) in [4.78, 5) is 16.2. The first-order chi connectivity index (χ1) is 11.3. The highest BCUT2D eigenvalue weighted by Gasteiger charge is 2.40. The van der Waals surface area contributed by atoms with Crippen molar-refractivity contribution in [2.24, 2.45) is 0 Å². The predicted molar refractivity (Wildman–Crippen MR) is 79.5 cm³/mol. The molecule has 2 heterocycles. The first kappa shape index (κ1) is 16.7. The molecule has 24 heavy (non-hydrogen) atoms. The van der Waals surface area contributed by atoms with Crippen molar-refractivity contribution in [3.63, 3.8) is 0 Å². The van der Waals surface area contributed by atoms with Crippen LogP contribution in [0.15, 0.2) is 30.3 Å². The minimum atomic E-state index is -4.65. The van der Waals surface area contributed by atoms with E-state index >= 15 is 0 Å². The summed E-state index contributed by atoms with van der Waals surface area (Å²) in [6.07, 6.45) is -4.38. The van der Waals surface area contributed by atoms with Crippen LogP contribution in [-0.4, -0.2) is 41.4 Å². The van der Waals surface area contributed by atoms with E-state index in [1.165, 1.54) is 6.07 Å². The van der Waals surface area contributed by atoms with Gasteiger partial charge in [-0.15, -0.1) is 0 Å². The molecule has 0 atom stereocenters. The predicted octanol–water partition coefficient (Wildman–Crippen LogP) is 2.13. The summed E-state index contributed by atoms with van der Waals surface area (Å²) in [6, 6.07) is 6.92. The Bertz CT molecular complexity index is 773. The van der Waals surface area contributed by atoms with E-state index < -0.39 is 23.3 Å². The number of hydrogen-bond acceptors (Lipinski definition) is 4. The average molecular weight is 340 g/mol. The Balaban J connectivity index is 2.02. The lowest BCUT2D eigenvalue weighted by atomic mass is 9.92. The van der Waals surface area contributed by atoms with Crippen LogP contribution in [-0.2, 0) is 10.9 Å². The van der Waals surface area contributed by atoms with Gasteiger partial charge in [-0.25, -0.2) is 4.98 Å². The number of aliphatic hydroxyl groups is 1. The van der Waals surface area contributed by atoms with Crippen LogP contribution in [0.3, 0.4) is 0 Å². The summed E-state index contributed by atoms with van der Waals surface area (Å²) in [5.74, 6) is -0.643. The lowest BCUT2D eigenvalue weighted by Gasteiger charge is -2.41. The number of para-hydroxylation sites is 1. The van der Waals surface area contributed by atoms with Crippen LogP contribution in [0.4, 0.5) is 13.2 Å². The van der Waals surface area contributed by atoms with Gasteiger partial charge in [0.2, 0.25) is 0 Å². The molecular weight excluding hydrogens is 325 g/mol. The quantitative estimate of drug-likeness (QED) is 0.895. The second-order valence-electron chi connectivity index (χ2n) is 5.77. The lowest BCUT2D eigenvalue weighted by Crippen LogP contribution is -2.62. The van der Waals surface area contributed by atoms with Crippen LogP contribution in [0.5, 0.6) is 0 Å². The number of nitrogens with one attached hydrogen (secondary N) is 1. The molecule has 0 spiro atoms. The van der Waals surface area contributed by atoms with Crippen LogP contribution in [0.25, 0.3) is 10.9 Å². The third-order valence-electron chi connectivity index (χ3n) is 3.98. The zero-order valence-electron chi connectivity index (χ0n) is 12.6. The molecule has 0 radical (unpaired) electrons. The van der Waals surface area contributed by atoms with E-state index in [1.54, 1.807) is 18.2 Å². The number of carbonyl (C=O) groups excluding carboxylic acids is 1. The Morgan fingerprint density at radius 1 is 1.33 bits per heavy atom. The molecular formula is C16H15F3N2O3. The van der Waals surface area contributed by atoms with Gasteiger partial charge in [-0.3, -0.25) is 4.79 Å². The van der Waals surface area contributed by atoms with E-state index in [1.807, 2.05) is 0 Å². The Labute approximate surface area is 135 Å². The molecule has 1 fully saturated rings. The van der Waals surface area contributed by atoms with Gasteiger partial charge in [0, 0.05) is 12.0 Å². The van der Waals surface area contributed by atoms with Crippen molar-refractivity contribution in [2.75, 3.05) is 19.8 Å². The molecule has 8 heteroatoms. The van der Waals surface area contributed by atoms with E-state index in [4.69, 9.17) is 9.84 Å². The summed E-state index contributed by atoms with van der Waals surface area (Å²) in [5.41, 5.74) is -1.86. The molecule has 0 saturated carbocycles. The maximum absolute atomic E-state index is 13.0. The SMILES string of the molecule is O=C(NC1(CCO)COC1)c1cc(C(F)(F)F)nc2ccccc12. The number of aliphatic hydroxyl groups excluding tert-OH is 1. The molecule has 2 aromatic rings. The zero-order valence-corrected chi connectivity index (χ0v) is 12.6. The standard InChI is InChI=1S/C16H15F3N2O3/c17-16(18,19)13-7-11(10-3-1-2-4-12(10)20-13)14(23)21-15(5-6-22)8-24-9-15/h1-4,7,22H,5-6,8-9H2,(H,21,23). The summed E-state index contributed by atoms with van der Waals surface area (Å²) < 4.78 is 44.2. The van der Waals surface area contributed by atoms with Crippen molar-refractivity contribution in [1.29, 1.82) is 0 Å². The maximum atomic E-state index is 13.0.